The van der Waals surface area contributed by atoms with Gasteiger partial charge in [0, 0.05) is 25.2 Å². The summed E-state index contributed by atoms with van der Waals surface area (Å²) in [5.41, 5.74) is 0.867. The van der Waals surface area contributed by atoms with E-state index >= 15 is 0 Å². The normalized spacial score (nSPS) is 19.1. The number of phenols is 1. The van der Waals surface area contributed by atoms with Gasteiger partial charge in [-0.3, -0.25) is 0 Å². The summed E-state index contributed by atoms with van der Waals surface area (Å²) in [6.07, 6.45) is 2.12. The molecule has 1 aromatic carbocycles. The van der Waals surface area contributed by atoms with Crippen molar-refractivity contribution >= 4 is 0 Å². The smallest absolute Gasteiger partial charge is 0.120 e. The van der Waals surface area contributed by atoms with Gasteiger partial charge in [0.15, 0.2) is 0 Å². The number of aromatic hydroxyl groups is 1. The van der Waals surface area contributed by atoms with Gasteiger partial charge >= 0.3 is 0 Å². The van der Waals surface area contributed by atoms with Gasteiger partial charge in [-0.25, -0.2) is 0 Å². The van der Waals surface area contributed by atoms with Crippen LogP contribution in [0.3, 0.4) is 0 Å². The zero-order valence-electron chi connectivity index (χ0n) is 12.3. The second kappa shape index (κ2) is 7.62. The monoisotopic (exact) mass is 278 g/mol. The third-order valence-corrected chi connectivity index (χ3v) is 4.03. The van der Waals surface area contributed by atoms with Crippen LogP contribution in [0, 0.1) is 5.92 Å². The lowest BCUT2D eigenvalue weighted by Gasteiger charge is -2.31. The van der Waals surface area contributed by atoms with Crippen molar-refractivity contribution in [2.75, 3.05) is 26.2 Å². The van der Waals surface area contributed by atoms with Crippen molar-refractivity contribution in [1.29, 1.82) is 0 Å². The number of likely N-dealkylation sites (tertiary alicyclic amines) is 1. The number of aliphatic hydroxyl groups excluding tert-OH is 1. The van der Waals surface area contributed by atoms with Crippen molar-refractivity contribution < 1.29 is 10.2 Å². The Balaban J connectivity index is 1.65. The molecule has 0 amide bonds. The Morgan fingerprint density at radius 3 is 2.70 bits per heavy atom. The standard InChI is InChI=1S/C16H26N2O2/c1-13-6-8-18(9-7-13)12-15(19)11-17-10-14-4-2-3-5-16(14)20/h2-5,13,15,17,19-20H,6-12H2,1H3. The zero-order chi connectivity index (χ0) is 14.4. The van der Waals surface area contributed by atoms with Crippen LogP contribution in [-0.4, -0.2) is 47.4 Å². The third kappa shape index (κ3) is 4.78. The molecule has 1 aromatic rings. The first-order valence-corrected chi connectivity index (χ1v) is 7.53. The van der Waals surface area contributed by atoms with E-state index in [4.69, 9.17) is 0 Å². The number of nitrogens with zero attached hydrogens (tertiary/aromatic N) is 1. The van der Waals surface area contributed by atoms with E-state index in [1.54, 1.807) is 6.07 Å². The van der Waals surface area contributed by atoms with Crippen LogP contribution >= 0.6 is 0 Å². The lowest BCUT2D eigenvalue weighted by Crippen LogP contribution is -2.41. The van der Waals surface area contributed by atoms with Gasteiger partial charge in [0.1, 0.15) is 5.75 Å². The van der Waals surface area contributed by atoms with Crippen LogP contribution in [0.2, 0.25) is 0 Å². The van der Waals surface area contributed by atoms with Crippen LogP contribution < -0.4 is 5.32 Å². The second-order valence-corrected chi connectivity index (χ2v) is 5.90. The first-order chi connectivity index (χ1) is 9.65. The van der Waals surface area contributed by atoms with E-state index in [-0.39, 0.29) is 6.10 Å². The molecule has 1 aliphatic rings. The number of aliphatic hydroxyl groups is 1. The van der Waals surface area contributed by atoms with Crippen molar-refractivity contribution in [3.63, 3.8) is 0 Å². The van der Waals surface area contributed by atoms with Gasteiger partial charge < -0.3 is 20.4 Å². The molecule has 112 valence electrons. The minimum absolute atomic E-state index is 0.305. The van der Waals surface area contributed by atoms with Gasteiger partial charge in [-0.15, -0.1) is 0 Å². The molecule has 0 bridgehead atoms. The van der Waals surface area contributed by atoms with E-state index in [0.29, 0.717) is 18.8 Å². The number of benzene rings is 1. The number of hydrogen-bond acceptors (Lipinski definition) is 4. The maximum atomic E-state index is 10.0. The molecule has 20 heavy (non-hydrogen) atoms. The average molecular weight is 278 g/mol. The Hall–Kier alpha value is -1.10. The molecule has 4 nitrogen and oxygen atoms in total. The fraction of sp³-hybridized carbons (Fsp3) is 0.625. The summed E-state index contributed by atoms with van der Waals surface area (Å²) >= 11 is 0. The van der Waals surface area contributed by atoms with Crippen molar-refractivity contribution in [2.45, 2.75) is 32.4 Å². The summed E-state index contributed by atoms with van der Waals surface area (Å²) in [6, 6.07) is 7.29. The molecule has 0 spiro atoms. The number of piperidine rings is 1. The van der Waals surface area contributed by atoms with Gasteiger partial charge in [0.25, 0.3) is 0 Å². The molecule has 1 unspecified atom stereocenters. The van der Waals surface area contributed by atoms with Crippen molar-refractivity contribution in [1.82, 2.24) is 10.2 Å². The fourth-order valence-corrected chi connectivity index (χ4v) is 2.64. The van der Waals surface area contributed by atoms with E-state index in [1.807, 2.05) is 18.2 Å². The first kappa shape index (κ1) is 15.3. The molecule has 0 radical (unpaired) electrons. The summed E-state index contributed by atoms with van der Waals surface area (Å²) in [6.45, 7) is 6.36. The molecular weight excluding hydrogens is 252 g/mol. The molecule has 2 rings (SSSR count). The molecule has 1 aliphatic heterocycles. The molecule has 0 saturated carbocycles. The molecule has 1 saturated heterocycles. The van der Waals surface area contributed by atoms with Crippen LogP contribution in [-0.2, 0) is 6.54 Å². The van der Waals surface area contributed by atoms with E-state index < -0.39 is 0 Å². The van der Waals surface area contributed by atoms with Crippen LogP contribution in [0.25, 0.3) is 0 Å². The Labute approximate surface area is 121 Å². The lowest BCUT2D eigenvalue weighted by molar-refractivity contribution is 0.0906. The summed E-state index contributed by atoms with van der Waals surface area (Å²) in [5.74, 6) is 1.13. The van der Waals surface area contributed by atoms with Gasteiger partial charge in [-0.1, -0.05) is 25.1 Å². The fourth-order valence-electron chi connectivity index (χ4n) is 2.64. The average Bonchev–Trinajstić information content (AvgIpc) is 2.43. The quantitative estimate of drug-likeness (QED) is 0.739. The van der Waals surface area contributed by atoms with Gasteiger partial charge in [0.2, 0.25) is 0 Å². The SMILES string of the molecule is CC1CCN(CC(O)CNCc2ccccc2O)CC1. The van der Waals surface area contributed by atoms with Crippen molar-refractivity contribution in [3.05, 3.63) is 29.8 Å². The highest BCUT2D eigenvalue weighted by atomic mass is 16.3. The molecule has 1 heterocycles. The predicted octanol–water partition coefficient (Wildman–Crippen LogP) is 1.57. The number of nitrogens with one attached hydrogen (secondary N) is 1. The van der Waals surface area contributed by atoms with Gasteiger partial charge in [-0.2, -0.15) is 0 Å². The number of rotatable bonds is 6. The highest BCUT2D eigenvalue weighted by Crippen LogP contribution is 2.16. The number of hydrogen-bond donors (Lipinski definition) is 3. The maximum absolute atomic E-state index is 10.0. The highest BCUT2D eigenvalue weighted by Gasteiger charge is 2.18. The minimum Gasteiger partial charge on any atom is -0.508 e. The molecule has 1 atom stereocenters. The van der Waals surface area contributed by atoms with Crippen LogP contribution in [0.5, 0.6) is 5.75 Å². The summed E-state index contributed by atoms with van der Waals surface area (Å²) in [5, 5.41) is 22.9. The Bertz CT molecular complexity index is 403. The lowest BCUT2D eigenvalue weighted by atomic mass is 9.99. The second-order valence-electron chi connectivity index (χ2n) is 5.90. The minimum atomic E-state index is -0.353. The van der Waals surface area contributed by atoms with E-state index in [1.165, 1.54) is 12.8 Å². The van der Waals surface area contributed by atoms with Crippen molar-refractivity contribution in [3.8, 4) is 5.75 Å². The number of β-amino-alcohol motifs (C(OH)–C–C–N with tert-alkyl or cyclic N) is 1. The first-order valence-electron chi connectivity index (χ1n) is 7.53. The summed E-state index contributed by atoms with van der Waals surface area (Å²) in [4.78, 5) is 2.34. The summed E-state index contributed by atoms with van der Waals surface area (Å²) in [7, 11) is 0. The Morgan fingerprint density at radius 2 is 2.00 bits per heavy atom. The molecule has 0 aromatic heterocycles. The Kier molecular flexibility index (Phi) is 5.83. The number of phenolic OH excluding ortho intramolecular Hbond substituents is 1. The highest BCUT2D eigenvalue weighted by molar-refractivity contribution is 5.31. The predicted molar refractivity (Wildman–Crippen MR) is 80.7 cm³/mol. The molecule has 1 fully saturated rings. The van der Waals surface area contributed by atoms with E-state index in [9.17, 15) is 10.2 Å². The third-order valence-electron chi connectivity index (χ3n) is 4.03. The molecular formula is C16H26N2O2. The summed E-state index contributed by atoms with van der Waals surface area (Å²) < 4.78 is 0. The maximum Gasteiger partial charge on any atom is 0.120 e. The van der Waals surface area contributed by atoms with Crippen molar-refractivity contribution in [2.24, 2.45) is 5.92 Å². The van der Waals surface area contributed by atoms with Crippen LogP contribution in [0.4, 0.5) is 0 Å². The largest absolute Gasteiger partial charge is 0.508 e. The molecule has 0 aliphatic carbocycles. The topological polar surface area (TPSA) is 55.7 Å². The molecule has 3 N–H and O–H groups in total. The van der Waals surface area contributed by atoms with E-state index in [2.05, 4.69) is 17.1 Å². The van der Waals surface area contributed by atoms with E-state index in [0.717, 1.165) is 31.1 Å². The molecule has 4 heteroatoms. The number of para-hydroxylation sites is 1. The van der Waals surface area contributed by atoms with Crippen LogP contribution in [0.15, 0.2) is 24.3 Å². The zero-order valence-corrected chi connectivity index (χ0v) is 12.3. The van der Waals surface area contributed by atoms with Gasteiger partial charge in [0.05, 0.1) is 6.10 Å². The Morgan fingerprint density at radius 1 is 1.30 bits per heavy atom. The van der Waals surface area contributed by atoms with Crippen LogP contribution in [0.1, 0.15) is 25.3 Å². The van der Waals surface area contributed by atoms with Gasteiger partial charge in [-0.05, 0) is 37.9 Å².